The van der Waals surface area contributed by atoms with Crippen LogP contribution in [0.25, 0.3) is 0 Å². The highest BCUT2D eigenvalue weighted by molar-refractivity contribution is 5.94. The first-order valence-electron chi connectivity index (χ1n) is 10.7. The van der Waals surface area contributed by atoms with E-state index in [2.05, 4.69) is 25.5 Å². The van der Waals surface area contributed by atoms with E-state index in [9.17, 15) is 9.18 Å². The normalized spacial score (nSPS) is 13.1. The summed E-state index contributed by atoms with van der Waals surface area (Å²) >= 11 is 0. The fraction of sp³-hybridized carbons (Fsp3) is 0.292. The Labute approximate surface area is 186 Å². The Kier molecular flexibility index (Phi) is 6.79. The van der Waals surface area contributed by atoms with Crippen LogP contribution in [0.1, 0.15) is 28.9 Å². The molecule has 4 rings (SSSR count). The van der Waals surface area contributed by atoms with Gasteiger partial charge in [0.25, 0.3) is 5.91 Å². The summed E-state index contributed by atoms with van der Waals surface area (Å²) in [5, 5.41) is 6.07. The Bertz CT molecular complexity index is 1070. The van der Waals surface area contributed by atoms with E-state index in [1.54, 1.807) is 24.3 Å². The Morgan fingerprint density at radius 2 is 1.81 bits per heavy atom. The lowest BCUT2D eigenvalue weighted by Gasteiger charge is -2.17. The van der Waals surface area contributed by atoms with Gasteiger partial charge in [0.2, 0.25) is 5.95 Å². The smallest absolute Gasteiger partial charge is 0.251 e. The Morgan fingerprint density at radius 1 is 1.03 bits per heavy atom. The van der Waals surface area contributed by atoms with Gasteiger partial charge in [-0.25, -0.2) is 9.37 Å². The van der Waals surface area contributed by atoms with Gasteiger partial charge in [0.15, 0.2) is 0 Å². The van der Waals surface area contributed by atoms with Gasteiger partial charge in [0, 0.05) is 43.5 Å². The molecule has 32 heavy (non-hydrogen) atoms. The van der Waals surface area contributed by atoms with E-state index in [1.165, 1.54) is 37.1 Å². The van der Waals surface area contributed by atoms with Crippen LogP contribution in [0.3, 0.4) is 0 Å². The van der Waals surface area contributed by atoms with Crippen molar-refractivity contribution in [1.82, 2.24) is 15.3 Å². The molecular weight excluding hydrogens is 409 g/mol. The number of nitrogens with one attached hydrogen (secondary N) is 2. The topological polar surface area (TPSA) is 79.4 Å². The predicted molar refractivity (Wildman–Crippen MR) is 122 cm³/mol. The number of amides is 1. The largest absolute Gasteiger partial charge is 0.457 e. The minimum atomic E-state index is -0.331. The van der Waals surface area contributed by atoms with Gasteiger partial charge in [0.05, 0.1) is 0 Å². The molecule has 1 aliphatic rings. The number of benzene rings is 2. The zero-order chi connectivity index (χ0) is 22.3. The number of carbonyl (C=O) groups is 1. The maximum atomic E-state index is 13.0. The number of anilines is 2. The minimum Gasteiger partial charge on any atom is -0.457 e. The summed E-state index contributed by atoms with van der Waals surface area (Å²) in [5.41, 5.74) is 1.39. The molecule has 3 aromatic rings. The molecule has 0 aliphatic carbocycles. The summed E-state index contributed by atoms with van der Waals surface area (Å²) in [6.45, 7) is 4.92. The number of aromatic nitrogens is 2. The third-order valence-electron chi connectivity index (χ3n) is 5.11. The van der Waals surface area contributed by atoms with E-state index in [0.717, 1.165) is 24.6 Å². The average Bonchev–Trinajstić information content (AvgIpc) is 3.33. The molecule has 1 fully saturated rings. The molecule has 0 unspecified atom stereocenters. The predicted octanol–water partition coefficient (Wildman–Crippen LogP) is 4.16. The van der Waals surface area contributed by atoms with Crippen LogP contribution in [-0.4, -0.2) is 42.1 Å². The molecule has 7 nitrogen and oxygen atoms in total. The Morgan fingerprint density at radius 3 is 2.59 bits per heavy atom. The van der Waals surface area contributed by atoms with Gasteiger partial charge >= 0.3 is 0 Å². The van der Waals surface area contributed by atoms with E-state index in [4.69, 9.17) is 4.74 Å². The number of rotatable bonds is 8. The van der Waals surface area contributed by atoms with E-state index >= 15 is 0 Å². The van der Waals surface area contributed by atoms with Gasteiger partial charge in [-0.2, -0.15) is 4.98 Å². The summed E-state index contributed by atoms with van der Waals surface area (Å²) in [5.74, 6) is 1.97. The second-order valence-corrected chi connectivity index (χ2v) is 7.65. The number of aryl methyl sites for hydroxylation is 1. The molecule has 2 N–H and O–H groups in total. The standard InChI is InChI=1S/C24H26FN5O2/c1-17-15-22(30-13-2-3-14-30)29-24(28-17)27-12-11-26-23(31)18-5-4-6-21(16-18)32-20-9-7-19(25)8-10-20/h4-10,15-16H,2-3,11-14H2,1H3,(H,26,31)(H,27,28,29). The lowest BCUT2D eigenvalue weighted by Crippen LogP contribution is -2.29. The van der Waals surface area contributed by atoms with Gasteiger partial charge in [-0.05, 0) is 62.2 Å². The summed E-state index contributed by atoms with van der Waals surface area (Å²) in [6, 6.07) is 14.6. The highest BCUT2D eigenvalue weighted by atomic mass is 19.1. The molecule has 0 saturated carbocycles. The van der Waals surface area contributed by atoms with Gasteiger partial charge in [-0.3, -0.25) is 4.79 Å². The third-order valence-corrected chi connectivity index (χ3v) is 5.11. The van der Waals surface area contributed by atoms with Crippen molar-refractivity contribution in [2.45, 2.75) is 19.8 Å². The van der Waals surface area contributed by atoms with Crippen molar-refractivity contribution in [2.24, 2.45) is 0 Å². The molecule has 166 valence electrons. The molecule has 0 radical (unpaired) electrons. The summed E-state index contributed by atoms with van der Waals surface area (Å²) < 4.78 is 18.7. The molecule has 2 aromatic carbocycles. The molecule has 0 spiro atoms. The van der Waals surface area contributed by atoms with Crippen molar-refractivity contribution in [1.29, 1.82) is 0 Å². The second kappa shape index (κ2) is 10.1. The van der Waals surface area contributed by atoms with Crippen LogP contribution in [0.5, 0.6) is 11.5 Å². The first-order chi connectivity index (χ1) is 15.6. The first-order valence-corrected chi connectivity index (χ1v) is 10.7. The zero-order valence-electron chi connectivity index (χ0n) is 18.0. The lowest BCUT2D eigenvalue weighted by atomic mass is 10.2. The summed E-state index contributed by atoms with van der Waals surface area (Å²) in [4.78, 5) is 23.8. The fourth-order valence-corrected chi connectivity index (χ4v) is 3.53. The Balaban J connectivity index is 1.28. The van der Waals surface area contributed by atoms with Crippen LogP contribution in [0.2, 0.25) is 0 Å². The van der Waals surface area contributed by atoms with Crippen LogP contribution in [0.4, 0.5) is 16.2 Å². The van der Waals surface area contributed by atoms with E-state index in [1.807, 2.05) is 13.0 Å². The number of carbonyl (C=O) groups excluding carboxylic acids is 1. The highest BCUT2D eigenvalue weighted by Gasteiger charge is 2.15. The van der Waals surface area contributed by atoms with E-state index in [-0.39, 0.29) is 11.7 Å². The second-order valence-electron chi connectivity index (χ2n) is 7.65. The van der Waals surface area contributed by atoms with E-state index < -0.39 is 0 Å². The van der Waals surface area contributed by atoms with Gasteiger partial charge in [-0.1, -0.05) is 6.07 Å². The molecular formula is C24H26FN5O2. The molecule has 0 bridgehead atoms. The first kappa shape index (κ1) is 21.5. The number of hydrogen-bond donors (Lipinski definition) is 2. The van der Waals surface area contributed by atoms with Gasteiger partial charge < -0.3 is 20.3 Å². The van der Waals surface area contributed by atoms with Gasteiger partial charge in [0.1, 0.15) is 23.1 Å². The van der Waals surface area contributed by atoms with Crippen molar-refractivity contribution in [3.05, 3.63) is 71.7 Å². The minimum absolute atomic E-state index is 0.209. The zero-order valence-corrected chi connectivity index (χ0v) is 18.0. The van der Waals surface area contributed by atoms with Crippen molar-refractivity contribution in [2.75, 3.05) is 36.4 Å². The summed E-state index contributed by atoms with van der Waals surface area (Å²) in [7, 11) is 0. The molecule has 2 heterocycles. The van der Waals surface area contributed by atoms with Crippen molar-refractivity contribution < 1.29 is 13.9 Å². The van der Waals surface area contributed by atoms with Crippen LogP contribution in [0.15, 0.2) is 54.6 Å². The number of nitrogens with zero attached hydrogens (tertiary/aromatic N) is 3. The third kappa shape index (κ3) is 5.72. The molecule has 1 saturated heterocycles. The van der Waals surface area contributed by atoms with Crippen LogP contribution in [0, 0.1) is 12.7 Å². The Hall–Kier alpha value is -3.68. The SMILES string of the molecule is Cc1cc(N2CCCC2)nc(NCCNC(=O)c2cccc(Oc3ccc(F)cc3)c2)n1. The molecule has 1 aromatic heterocycles. The molecule has 1 amide bonds. The van der Waals surface area contributed by atoms with Crippen molar-refractivity contribution in [3.8, 4) is 11.5 Å². The molecule has 0 atom stereocenters. The van der Waals surface area contributed by atoms with Crippen molar-refractivity contribution >= 4 is 17.7 Å². The van der Waals surface area contributed by atoms with Crippen molar-refractivity contribution in [3.63, 3.8) is 0 Å². The number of hydrogen-bond acceptors (Lipinski definition) is 6. The van der Waals surface area contributed by atoms with Gasteiger partial charge in [-0.15, -0.1) is 0 Å². The maximum Gasteiger partial charge on any atom is 0.251 e. The quantitative estimate of drug-likeness (QED) is 0.518. The fourth-order valence-electron chi connectivity index (χ4n) is 3.53. The highest BCUT2D eigenvalue weighted by Crippen LogP contribution is 2.22. The van der Waals surface area contributed by atoms with E-state index in [0.29, 0.717) is 36.1 Å². The van der Waals surface area contributed by atoms with Crippen LogP contribution >= 0.6 is 0 Å². The molecule has 8 heteroatoms. The lowest BCUT2D eigenvalue weighted by molar-refractivity contribution is 0.0955. The number of ether oxygens (including phenoxy) is 1. The number of halogens is 1. The average molecular weight is 436 g/mol. The van der Waals surface area contributed by atoms with Crippen LogP contribution < -0.4 is 20.3 Å². The summed E-state index contributed by atoms with van der Waals surface area (Å²) in [6.07, 6.45) is 2.38. The monoisotopic (exact) mass is 435 g/mol. The maximum absolute atomic E-state index is 13.0. The molecule has 1 aliphatic heterocycles. The van der Waals surface area contributed by atoms with Crippen LogP contribution in [-0.2, 0) is 0 Å².